The Balaban J connectivity index is 0.00000363. The molecule has 0 bridgehead atoms. The van der Waals surface area contributed by atoms with Crippen molar-refractivity contribution in [1.82, 2.24) is 15.6 Å². The minimum absolute atomic E-state index is 0. The number of carbonyl (C=O) groups is 1. The molecule has 0 saturated carbocycles. The lowest BCUT2D eigenvalue weighted by Gasteiger charge is -2.22. The van der Waals surface area contributed by atoms with Gasteiger partial charge in [0.1, 0.15) is 12.3 Å². The average molecular weight is 560 g/mol. The van der Waals surface area contributed by atoms with Gasteiger partial charge in [0.25, 0.3) is 0 Å². The Bertz CT molecular complexity index is 888. The monoisotopic (exact) mass is 560 g/mol. The molecule has 174 valence electrons. The zero-order chi connectivity index (χ0) is 22.1. The van der Waals surface area contributed by atoms with Crippen molar-refractivity contribution in [2.45, 2.75) is 26.0 Å². The van der Waals surface area contributed by atoms with E-state index in [9.17, 15) is 13.6 Å². The third kappa shape index (κ3) is 7.77. The van der Waals surface area contributed by atoms with Crippen LogP contribution in [0.25, 0.3) is 0 Å². The minimum atomic E-state index is -2.87. The van der Waals surface area contributed by atoms with Gasteiger partial charge in [-0.05, 0) is 37.6 Å². The first-order chi connectivity index (χ1) is 15.0. The maximum absolute atomic E-state index is 12.7. The van der Waals surface area contributed by atoms with E-state index >= 15 is 0 Å². The van der Waals surface area contributed by atoms with Crippen molar-refractivity contribution >= 4 is 47.2 Å². The molecule has 1 amide bonds. The van der Waals surface area contributed by atoms with Crippen LogP contribution in [-0.4, -0.2) is 55.7 Å². The quantitative estimate of drug-likeness (QED) is 0.261. The molecule has 1 aliphatic rings. The largest absolute Gasteiger partial charge is 0.433 e. The molecule has 0 spiro atoms. The summed E-state index contributed by atoms with van der Waals surface area (Å²) in [5.74, 6) is 0.426. The third-order valence-corrected chi connectivity index (χ3v) is 4.62. The number of alkyl halides is 2. The number of pyridine rings is 1. The molecular formula is C21H27F2IN6O2. The van der Waals surface area contributed by atoms with Crippen LogP contribution in [0.2, 0.25) is 0 Å². The Morgan fingerprint density at radius 3 is 2.84 bits per heavy atom. The van der Waals surface area contributed by atoms with Gasteiger partial charge < -0.3 is 25.6 Å². The first kappa shape index (κ1) is 25.6. The van der Waals surface area contributed by atoms with Crippen LogP contribution in [0, 0.1) is 0 Å². The molecule has 1 fully saturated rings. The highest BCUT2D eigenvalue weighted by molar-refractivity contribution is 14.0. The van der Waals surface area contributed by atoms with Gasteiger partial charge in [-0.15, -0.1) is 24.0 Å². The van der Waals surface area contributed by atoms with Gasteiger partial charge in [-0.3, -0.25) is 9.78 Å². The highest BCUT2D eigenvalue weighted by Crippen LogP contribution is 2.31. The van der Waals surface area contributed by atoms with Crippen LogP contribution in [-0.2, 0) is 4.79 Å². The van der Waals surface area contributed by atoms with Crippen LogP contribution in [0.3, 0.4) is 0 Å². The van der Waals surface area contributed by atoms with Crippen molar-refractivity contribution in [3.05, 3.63) is 48.8 Å². The molecule has 1 aromatic heterocycles. The summed E-state index contributed by atoms with van der Waals surface area (Å²) < 4.78 is 30.0. The minimum Gasteiger partial charge on any atom is -0.433 e. The average Bonchev–Trinajstić information content (AvgIpc) is 3.21. The molecule has 1 unspecified atom stereocenters. The molecule has 2 aromatic rings. The van der Waals surface area contributed by atoms with Crippen LogP contribution in [0.15, 0.2) is 53.8 Å². The van der Waals surface area contributed by atoms with Crippen molar-refractivity contribution < 1.29 is 18.3 Å². The molecule has 32 heavy (non-hydrogen) atoms. The lowest BCUT2D eigenvalue weighted by atomic mass is 10.2. The molecular weight excluding hydrogens is 533 g/mol. The van der Waals surface area contributed by atoms with Gasteiger partial charge in [-0.2, -0.15) is 8.78 Å². The normalized spacial score (nSPS) is 15.8. The smallest absolute Gasteiger partial charge is 0.387 e. The molecule has 1 atom stereocenters. The zero-order valence-electron chi connectivity index (χ0n) is 17.6. The number of hydrogen-bond acceptors (Lipinski definition) is 5. The van der Waals surface area contributed by atoms with Gasteiger partial charge in [-0.1, -0.05) is 12.1 Å². The van der Waals surface area contributed by atoms with Crippen LogP contribution >= 0.6 is 24.0 Å². The standard InChI is InChI=1S/C21H26F2N6O2.HI/c1-2-25-21(26-13-19(30)27-15-6-5-10-24-12-15)28-16-9-11-29(14-16)17-7-3-4-8-18(17)31-20(22)23;/h3-8,10,12,16,20H,2,9,11,13-14H2,1H3,(H,27,30)(H2,25,26,28);1H. The Kier molecular flexibility index (Phi) is 10.4. The summed E-state index contributed by atoms with van der Waals surface area (Å²) in [6.07, 6.45) is 3.98. The molecule has 11 heteroatoms. The van der Waals surface area contributed by atoms with E-state index in [1.165, 1.54) is 6.07 Å². The summed E-state index contributed by atoms with van der Waals surface area (Å²) in [5.41, 5.74) is 1.24. The lowest BCUT2D eigenvalue weighted by Crippen LogP contribution is -2.45. The van der Waals surface area contributed by atoms with E-state index in [4.69, 9.17) is 0 Å². The summed E-state index contributed by atoms with van der Waals surface area (Å²) in [6, 6.07) is 10.3. The fourth-order valence-corrected chi connectivity index (χ4v) is 3.31. The van der Waals surface area contributed by atoms with E-state index in [-0.39, 0.29) is 48.2 Å². The van der Waals surface area contributed by atoms with E-state index in [2.05, 4.69) is 30.7 Å². The number of para-hydroxylation sites is 2. The number of rotatable bonds is 8. The van der Waals surface area contributed by atoms with E-state index in [0.29, 0.717) is 37.0 Å². The Hall–Kier alpha value is -2.70. The molecule has 0 aliphatic carbocycles. The van der Waals surface area contributed by atoms with Crippen molar-refractivity contribution in [2.75, 3.05) is 36.4 Å². The van der Waals surface area contributed by atoms with E-state index in [1.54, 1.807) is 42.7 Å². The van der Waals surface area contributed by atoms with Crippen molar-refractivity contribution in [3.63, 3.8) is 0 Å². The van der Waals surface area contributed by atoms with Gasteiger partial charge >= 0.3 is 6.61 Å². The number of guanidine groups is 1. The molecule has 3 rings (SSSR count). The first-order valence-electron chi connectivity index (χ1n) is 10.1. The van der Waals surface area contributed by atoms with Gasteiger partial charge in [0.15, 0.2) is 5.96 Å². The molecule has 1 saturated heterocycles. The molecule has 3 N–H and O–H groups in total. The number of aliphatic imine (C=N–C) groups is 1. The SMILES string of the molecule is CCNC(=NCC(=O)Nc1cccnc1)NC1CCN(c2ccccc2OC(F)F)C1.I. The number of nitrogens with zero attached hydrogens (tertiary/aromatic N) is 3. The highest BCUT2D eigenvalue weighted by Gasteiger charge is 2.26. The highest BCUT2D eigenvalue weighted by atomic mass is 127. The van der Waals surface area contributed by atoms with Crippen LogP contribution in [0.4, 0.5) is 20.2 Å². The van der Waals surface area contributed by atoms with Gasteiger partial charge in [0.2, 0.25) is 5.91 Å². The van der Waals surface area contributed by atoms with Gasteiger partial charge in [-0.25, -0.2) is 4.99 Å². The zero-order valence-corrected chi connectivity index (χ0v) is 20.0. The summed E-state index contributed by atoms with van der Waals surface area (Å²) in [4.78, 5) is 22.4. The number of amides is 1. The number of aromatic nitrogens is 1. The topological polar surface area (TPSA) is 90.9 Å². The van der Waals surface area contributed by atoms with Gasteiger partial charge in [0, 0.05) is 31.9 Å². The molecule has 2 heterocycles. The summed E-state index contributed by atoms with van der Waals surface area (Å²) >= 11 is 0. The summed E-state index contributed by atoms with van der Waals surface area (Å²) in [6.45, 7) is 0.927. The summed E-state index contributed by atoms with van der Waals surface area (Å²) in [7, 11) is 0. The summed E-state index contributed by atoms with van der Waals surface area (Å²) in [5, 5.41) is 9.17. The predicted octanol–water partition coefficient (Wildman–Crippen LogP) is 3.07. The van der Waals surface area contributed by atoms with E-state index in [1.807, 2.05) is 11.8 Å². The Morgan fingerprint density at radius 2 is 2.12 bits per heavy atom. The predicted molar refractivity (Wildman–Crippen MR) is 131 cm³/mol. The number of halogens is 3. The Labute approximate surface area is 202 Å². The fraction of sp³-hybridized carbons (Fsp3) is 0.381. The second-order valence-electron chi connectivity index (χ2n) is 6.91. The van der Waals surface area contributed by atoms with E-state index < -0.39 is 6.61 Å². The molecule has 8 nitrogen and oxygen atoms in total. The van der Waals surface area contributed by atoms with Gasteiger partial charge in [0.05, 0.1) is 17.6 Å². The number of hydrogen-bond donors (Lipinski definition) is 3. The van der Waals surface area contributed by atoms with Crippen molar-refractivity contribution in [2.24, 2.45) is 4.99 Å². The van der Waals surface area contributed by atoms with Crippen molar-refractivity contribution in [3.8, 4) is 5.75 Å². The molecule has 0 radical (unpaired) electrons. The van der Waals surface area contributed by atoms with Crippen LogP contribution in [0.1, 0.15) is 13.3 Å². The number of nitrogens with one attached hydrogen (secondary N) is 3. The second-order valence-corrected chi connectivity index (χ2v) is 6.91. The number of ether oxygens (including phenoxy) is 1. The first-order valence-corrected chi connectivity index (χ1v) is 10.1. The van der Waals surface area contributed by atoms with Crippen LogP contribution in [0.5, 0.6) is 5.75 Å². The second kappa shape index (κ2) is 13.0. The fourth-order valence-electron chi connectivity index (χ4n) is 3.31. The maximum atomic E-state index is 12.7. The molecule has 1 aromatic carbocycles. The number of carbonyl (C=O) groups excluding carboxylic acids is 1. The number of anilines is 2. The molecule has 1 aliphatic heterocycles. The lowest BCUT2D eigenvalue weighted by molar-refractivity contribution is -0.114. The van der Waals surface area contributed by atoms with Crippen LogP contribution < -0.4 is 25.6 Å². The third-order valence-electron chi connectivity index (χ3n) is 4.62. The number of benzene rings is 1. The maximum Gasteiger partial charge on any atom is 0.387 e. The van der Waals surface area contributed by atoms with E-state index in [0.717, 1.165) is 6.42 Å². The Morgan fingerprint density at radius 1 is 1.31 bits per heavy atom. The van der Waals surface area contributed by atoms with Crippen molar-refractivity contribution in [1.29, 1.82) is 0 Å².